The summed E-state index contributed by atoms with van der Waals surface area (Å²) in [6.45, 7) is 0.0436. The third-order valence-corrected chi connectivity index (χ3v) is 6.56. The molecule has 2 aromatic carbocycles. The van der Waals surface area contributed by atoms with E-state index in [0.29, 0.717) is 4.68 Å². The van der Waals surface area contributed by atoms with Gasteiger partial charge in [0, 0.05) is 34.4 Å². The average Bonchev–Trinajstić information content (AvgIpc) is 3.59. The average molecular weight is 499 g/mol. The highest BCUT2D eigenvalue weighted by Crippen LogP contribution is 2.34. The molecule has 3 aromatic heterocycles. The number of thiophene rings is 1. The van der Waals surface area contributed by atoms with Crippen molar-refractivity contribution < 1.29 is 22.4 Å². The fourth-order valence-corrected chi connectivity index (χ4v) is 4.81. The number of amides is 1. The van der Waals surface area contributed by atoms with Gasteiger partial charge >= 0.3 is 6.18 Å². The number of carbonyl (C=O) groups is 1. The van der Waals surface area contributed by atoms with E-state index in [4.69, 9.17) is 0 Å². The first-order valence-electron chi connectivity index (χ1n) is 10.5. The number of benzene rings is 2. The number of rotatable bonds is 6. The molecule has 6 nitrogen and oxygen atoms in total. The van der Waals surface area contributed by atoms with Crippen LogP contribution in [0.15, 0.2) is 72.2 Å². The second-order valence-corrected chi connectivity index (χ2v) is 8.72. The number of hydrogen-bond donors (Lipinski definition) is 2. The zero-order valence-corrected chi connectivity index (χ0v) is 18.7. The molecule has 1 unspecified atom stereocenters. The van der Waals surface area contributed by atoms with Gasteiger partial charge in [0.25, 0.3) is 5.91 Å². The molecule has 2 N–H and O–H groups in total. The molecule has 35 heavy (non-hydrogen) atoms. The fraction of sp³-hybridized carbons (Fsp3) is 0.125. The van der Waals surface area contributed by atoms with Gasteiger partial charge in [-0.3, -0.25) is 4.79 Å². The van der Waals surface area contributed by atoms with Crippen molar-refractivity contribution in [1.82, 2.24) is 25.3 Å². The summed E-state index contributed by atoms with van der Waals surface area (Å²) in [6, 6.07) is 15.7. The quantitative estimate of drug-likeness (QED) is 0.302. The third-order valence-electron chi connectivity index (χ3n) is 5.58. The van der Waals surface area contributed by atoms with E-state index >= 15 is 0 Å². The summed E-state index contributed by atoms with van der Waals surface area (Å²) in [7, 11) is 0. The van der Waals surface area contributed by atoms with Crippen molar-refractivity contribution >= 4 is 28.1 Å². The van der Waals surface area contributed by atoms with Crippen LogP contribution in [-0.2, 0) is 6.18 Å². The third kappa shape index (κ3) is 4.42. The number of aromatic nitrogens is 4. The zero-order valence-electron chi connectivity index (χ0n) is 17.9. The van der Waals surface area contributed by atoms with Crippen LogP contribution in [0.5, 0.6) is 0 Å². The molecule has 5 rings (SSSR count). The summed E-state index contributed by atoms with van der Waals surface area (Å²) in [6.07, 6.45) is -3.08. The standard InChI is InChI=1S/C24H17F4N5OS/c25-14-7-9-15(10-8-14)33-22(24(26,27)28)21(31-32-33)23(34)30-13-18(20-6-3-11-35-20)17-12-29-19-5-2-1-4-16(17)19/h1-12,18,29H,13H2,(H,30,34). The van der Waals surface area contributed by atoms with Crippen LogP contribution in [0.25, 0.3) is 16.6 Å². The molecule has 0 saturated carbocycles. The first kappa shape index (κ1) is 22.8. The van der Waals surface area contributed by atoms with Crippen molar-refractivity contribution in [2.24, 2.45) is 0 Å². The fourth-order valence-electron chi connectivity index (χ4n) is 3.97. The van der Waals surface area contributed by atoms with Gasteiger partial charge < -0.3 is 10.3 Å². The number of para-hydroxylation sites is 1. The van der Waals surface area contributed by atoms with Gasteiger partial charge in [0.05, 0.1) is 5.69 Å². The van der Waals surface area contributed by atoms with Crippen molar-refractivity contribution in [1.29, 1.82) is 0 Å². The second-order valence-electron chi connectivity index (χ2n) is 7.74. The Labute approximate surface area is 200 Å². The van der Waals surface area contributed by atoms with E-state index in [-0.39, 0.29) is 18.2 Å². The normalized spacial score (nSPS) is 12.7. The van der Waals surface area contributed by atoms with Crippen LogP contribution in [0.4, 0.5) is 17.6 Å². The molecule has 1 amide bonds. The Bertz CT molecular complexity index is 1470. The van der Waals surface area contributed by atoms with Gasteiger partial charge in [-0.1, -0.05) is 29.5 Å². The number of nitrogens with zero attached hydrogens (tertiary/aromatic N) is 3. The van der Waals surface area contributed by atoms with Gasteiger partial charge in [0.2, 0.25) is 0 Å². The number of carbonyl (C=O) groups excluding carboxylic acids is 1. The van der Waals surface area contributed by atoms with Gasteiger partial charge in [-0.2, -0.15) is 13.2 Å². The highest BCUT2D eigenvalue weighted by molar-refractivity contribution is 7.10. The molecular weight excluding hydrogens is 482 g/mol. The van der Waals surface area contributed by atoms with Gasteiger partial charge in [-0.25, -0.2) is 9.07 Å². The summed E-state index contributed by atoms with van der Waals surface area (Å²) >= 11 is 1.49. The maximum Gasteiger partial charge on any atom is 0.435 e. The summed E-state index contributed by atoms with van der Waals surface area (Å²) in [4.78, 5) is 17.1. The molecule has 178 valence electrons. The van der Waals surface area contributed by atoms with Gasteiger partial charge in [0.1, 0.15) is 5.82 Å². The van der Waals surface area contributed by atoms with Gasteiger partial charge in [-0.05, 0) is 47.3 Å². The Hall–Kier alpha value is -3.99. The summed E-state index contributed by atoms with van der Waals surface area (Å²) in [5.74, 6) is -1.92. The second kappa shape index (κ2) is 8.99. The predicted octanol–water partition coefficient (Wildman–Crippen LogP) is 5.53. The Morgan fingerprint density at radius 3 is 2.57 bits per heavy atom. The number of H-pyrrole nitrogens is 1. The lowest BCUT2D eigenvalue weighted by atomic mass is 9.96. The molecule has 0 aliphatic carbocycles. The molecule has 11 heteroatoms. The Morgan fingerprint density at radius 2 is 1.86 bits per heavy atom. The maximum absolute atomic E-state index is 13.9. The van der Waals surface area contributed by atoms with E-state index in [0.717, 1.165) is 45.6 Å². The maximum atomic E-state index is 13.9. The van der Waals surface area contributed by atoms with Crippen LogP contribution in [0.1, 0.15) is 32.5 Å². The SMILES string of the molecule is O=C(NCC(c1cccs1)c1c[nH]c2ccccc12)c1nnn(-c2ccc(F)cc2)c1C(F)(F)F. The summed E-state index contributed by atoms with van der Waals surface area (Å²) in [5.41, 5.74) is -0.432. The van der Waals surface area contributed by atoms with Crippen LogP contribution in [0.3, 0.4) is 0 Å². The lowest BCUT2D eigenvalue weighted by molar-refractivity contribution is -0.143. The van der Waals surface area contributed by atoms with Gasteiger partial charge in [0.15, 0.2) is 11.4 Å². The largest absolute Gasteiger partial charge is 0.435 e. The summed E-state index contributed by atoms with van der Waals surface area (Å²) < 4.78 is 55.5. The van der Waals surface area contributed by atoms with Crippen molar-refractivity contribution in [2.75, 3.05) is 6.54 Å². The Morgan fingerprint density at radius 1 is 1.09 bits per heavy atom. The molecule has 3 heterocycles. The molecule has 0 aliphatic rings. The number of hydrogen-bond acceptors (Lipinski definition) is 4. The minimum Gasteiger partial charge on any atom is -0.361 e. The number of fused-ring (bicyclic) bond motifs is 1. The molecule has 0 aliphatic heterocycles. The molecule has 0 spiro atoms. The van der Waals surface area contributed by atoms with Crippen LogP contribution < -0.4 is 5.32 Å². The molecule has 1 atom stereocenters. The van der Waals surface area contributed by atoms with Crippen LogP contribution in [-0.4, -0.2) is 32.4 Å². The number of nitrogens with one attached hydrogen (secondary N) is 2. The zero-order chi connectivity index (χ0) is 24.6. The van der Waals surface area contributed by atoms with E-state index in [1.165, 1.54) is 11.3 Å². The highest BCUT2D eigenvalue weighted by atomic mass is 32.1. The number of alkyl halides is 3. The minimum atomic E-state index is -4.92. The van der Waals surface area contributed by atoms with Crippen LogP contribution in [0, 0.1) is 5.82 Å². The molecule has 0 saturated heterocycles. The van der Waals surface area contributed by atoms with Crippen molar-refractivity contribution in [3.63, 3.8) is 0 Å². The Kier molecular flexibility index (Phi) is 5.85. The first-order valence-corrected chi connectivity index (χ1v) is 11.4. The van der Waals surface area contributed by atoms with Gasteiger partial charge in [-0.15, -0.1) is 16.4 Å². The van der Waals surface area contributed by atoms with E-state index < -0.39 is 29.3 Å². The minimum absolute atomic E-state index is 0.0436. The van der Waals surface area contributed by atoms with Crippen molar-refractivity contribution in [3.8, 4) is 5.69 Å². The molecular formula is C24H17F4N5OS. The smallest absolute Gasteiger partial charge is 0.361 e. The van der Waals surface area contributed by atoms with Crippen molar-refractivity contribution in [2.45, 2.75) is 12.1 Å². The van der Waals surface area contributed by atoms with Crippen LogP contribution in [0.2, 0.25) is 0 Å². The van der Waals surface area contributed by atoms with E-state index in [2.05, 4.69) is 20.6 Å². The van der Waals surface area contributed by atoms with E-state index in [1.807, 2.05) is 48.0 Å². The number of aromatic amines is 1. The molecule has 0 radical (unpaired) electrons. The lowest BCUT2D eigenvalue weighted by Gasteiger charge is -2.16. The predicted molar refractivity (Wildman–Crippen MR) is 123 cm³/mol. The summed E-state index contributed by atoms with van der Waals surface area (Å²) in [5, 5.41) is 12.5. The number of halogens is 4. The topological polar surface area (TPSA) is 75.6 Å². The monoisotopic (exact) mass is 499 g/mol. The molecule has 0 bridgehead atoms. The Balaban J connectivity index is 1.46. The van der Waals surface area contributed by atoms with Crippen molar-refractivity contribution in [3.05, 3.63) is 99.9 Å². The highest BCUT2D eigenvalue weighted by Gasteiger charge is 2.42. The van der Waals surface area contributed by atoms with Crippen LogP contribution >= 0.6 is 11.3 Å². The van der Waals surface area contributed by atoms with E-state index in [9.17, 15) is 22.4 Å². The molecule has 5 aromatic rings. The first-order chi connectivity index (χ1) is 16.8. The molecule has 0 fully saturated rings. The lowest BCUT2D eigenvalue weighted by Crippen LogP contribution is -2.31. The van der Waals surface area contributed by atoms with E-state index in [1.54, 1.807) is 0 Å².